The summed E-state index contributed by atoms with van der Waals surface area (Å²) in [5.74, 6) is 0.544. The van der Waals surface area contributed by atoms with Gasteiger partial charge in [-0.05, 0) is 37.6 Å². The Labute approximate surface area is 107 Å². The molecule has 1 aromatic rings. The quantitative estimate of drug-likeness (QED) is 0.779. The Morgan fingerprint density at radius 2 is 2.00 bits per heavy atom. The van der Waals surface area contributed by atoms with Crippen molar-refractivity contribution in [3.8, 4) is 5.75 Å². The summed E-state index contributed by atoms with van der Waals surface area (Å²) in [6, 6.07) is 7.38. The molecular formula is C14H19NO3. The Kier molecular flexibility index (Phi) is 4.92. The van der Waals surface area contributed by atoms with Gasteiger partial charge in [0.25, 0.3) is 0 Å². The van der Waals surface area contributed by atoms with Gasteiger partial charge in [0.2, 0.25) is 5.91 Å². The molecule has 0 aromatic heterocycles. The van der Waals surface area contributed by atoms with Gasteiger partial charge < -0.3 is 15.2 Å². The van der Waals surface area contributed by atoms with Crippen LogP contribution in [0.5, 0.6) is 5.75 Å². The van der Waals surface area contributed by atoms with Crippen molar-refractivity contribution in [2.45, 2.75) is 19.4 Å². The lowest BCUT2D eigenvalue weighted by atomic mass is 10.1. The molecule has 0 heterocycles. The number of amides is 1. The smallest absolute Gasteiger partial charge is 0.244 e. The third-order valence-corrected chi connectivity index (χ3v) is 2.40. The highest BCUT2D eigenvalue weighted by atomic mass is 16.5. The number of nitrogens with one attached hydrogen (secondary N) is 1. The van der Waals surface area contributed by atoms with Crippen molar-refractivity contribution in [3.63, 3.8) is 0 Å². The zero-order valence-corrected chi connectivity index (χ0v) is 10.9. The maximum atomic E-state index is 11.6. The van der Waals surface area contributed by atoms with Gasteiger partial charge in [0.15, 0.2) is 0 Å². The van der Waals surface area contributed by atoms with Gasteiger partial charge in [-0.25, -0.2) is 0 Å². The summed E-state index contributed by atoms with van der Waals surface area (Å²) in [6.45, 7) is 3.41. The van der Waals surface area contributed by atoms with Gasteiger partial charge in [-0.2, -0.15) is 0 Å². The number of aliphatic hydroxyl groups excluding tert-OH is 1. The van der Waals surface area contributed by atoms with E-state index in [1.54, 1.807) is 27.0 Å². The van der Waals surface area contributed by atoms with Crippen molar-refractivity contribution in [1.29, 1.82) is 0 Å². The molecule has 98 valence electrons. The van der Waals surface area contributed by atoms with Crippen LogP contribution in [0.25, 0.3) is 6.08 Å². The number of benzene rings is 1. The van der Waals surface area contributed by atoms with E-state index >= 15 is 0 Å². The normalized spacial score (nSPS) is 11.6. The predicted octanol–water partition coefficient (Wildman–Crippen LogP) is 1.60. The number of hydrogen-bond acceptors (Lipinski definition) is 3. The monoisotopic (exact) mass is 249 g/mol. The van der Waals surface area contributed by atoms with Crippen molar-refractivity contribution < 1.29 is 14.6 Å². The first-order valence-corrected chi connectivity index (χ1v) is 5.72. The molecule has 0 bridgehead atoms. The fourth-order valence-corrected chi connectivity index (χ4v) is 1.30. The fraction of sp³-hybridized carbons (Fsp3) is 0.357. The van der Waals surface area contributed by atoms with Crippen LogP contribution in [-0.4, -0.2) is 30.3 Å². The van der Waals surface area contributed by atoms with Gasteiger partial charge in [-0.3, -0.25) is 4.79 Å². The molecule has 0 saturated heterocycles. The minimum absolute atomic E-state index is 0.102. The second-order valence-corrected chi connectivity index (χ2v) is 4.64. The third kappa shape index (κ3) is 4.59. The van der Waals surface area contributed by atoms with E-state index in [0.717, 1.165) is 11.3 Å². The first-order valence-electron chi connectivity index (χ1n) is 5.72. The molecule has 1 aromatic carbocycles. The van der Waals surface area contributed by atoms with E-state index in [-0.39, 0.29) is 12.5 Å². The highest BCUT2D eigenvalue weighted by Crippen LogP contribution is 2.12. The topological polar surface area (TPSA) is 58.6 Å². The molecule has 0 unspecified atom stereocenters. The first-order chi connectivity index (χ1) is 8.46. The van der Waals surface area contributed by atoms with Gasteiger partial charge in [0.1, 0.15) is 5.75 Å². The molecule has 0 aliphatic heterocycles. The Bertz CT molecular complexity index is 421. The summed E-state index contributed by atoms with van der Waals surface area (Å²) in [6.07, 6.45) is 3.15. The lowest BCUT2D eigenvalue weighted by Crippen LogP contribution is -2.45. The summed E-state index contributed by atoms with van der Waals surface area (Å²) in [5.41, 5.74) is 0.300. The van der Waals surface area contributed by atoms with Crippen LogP contribution in [0.15, 0.2) is 30.3 Å². The van der Waals surface area contributed by atoms with Gasteiger partial charge in [-0.1, -0.05) is 12.1 Å². The van der Waals surface area contributed by atoms with Crippen molar-refractivity contribution in [2.75, 3.05) is 13.7 Å². The van der Waals surface area contributed by atoms with E-state index in [1.807, 2.05) is 24.3 Å². The van der Waals surface area contributed by atoms with E-state index in [1.165, 1.54) is 6.08 Å². The van der Waals surface area contributed by atoms with Crippen LogP contribution in [0.4, 0.5) is 0 Å². The van der Waals surface area contributed by atoms with Crippen LogP contribution in [-0.2, 0) is 4.79 Å². The number of rotatable bonds is 5. The molecule has 0 aliphatic carbocycles. The van der Waals surface area contributed by atoms with Crippen molar-refractivity contribution in [1.82, 2.24) is 5.32 Å². The van der Waals surface area contributed by atoms with Crippen LogP contribution < -0.4 is 10.1 Å². The van der Waals surface area contributed by atoms with Gasteiger partial charge >= 0.3 is 0 Å². The molecule has 2 N–H and O–H groups in total. The van der Waals surface area contributed by atoms with Crippen LogP contribution in [0.1, 0.15) is 19.4 Å². The van der Waals surface area contributed by atoms with E-state index < -0.39 is 5.54 Å². The van der Waals surface area contributed by atoms with Crippen LogP contribution in [0, 0.1) is 0 Å². The number of hydrogen-bond donors (Lipinski definition) is 2. The first kappa shape index (κ1) is 14.3. The second-order valence-electron chi connectivity index (χ2n) is 4.64. The number of carbonyl (C=O) groups excluding carboxylic acids is 1. The highest BCUT2D eigenvalue weighted by molar-refractivity contribution is 5.92. The number of carbonyl (C=O) groups is 1. The van der Waals surface area contributed by atoms with Crippen LogP contribution in [0.3, 0.4) is 0 Å². The maximum absolute atomic E-state index is 11.6. The summed E-state index contributed by atoms with van der Waals surface area (Å²) >= 11 is 0. The lowest BCUT2D eigenvalue weighted by Gasteiger charge is -2.22. The number of methoxy groups -OCH3 is 1. The third-order valence-electron chi connectivity index (χ3n) is 2.40. The molecule has 0 spiro atoms. The SMILES string of the molecule is COc1ccc(C=CC(=O)NC(C)(C)CO)cc1. The summed E-state index contributed by atoms with van der Waals surface area (Å²) < 4.78 is 5.04. The van der Waals surface area contributed by atoms with E-state index in [0.29, 0.717) is 0 Å². The molecule has 18 heavy (non-hydrogen) atoms. The predicted molar refractivity (Wildman–Crippen MR) is 71.3 cm³/mol. The van der Waals surface area contributed by atoms with Gasteiger partial charge in [-0.15, -0.1) is 0 Å². The molecular weight excluding hydrogens is 230 g/mol. The average Bonchev–Trinajstić information content (AvgIpc) is 2.36. The van der Waals surface area contributed by atoms with Crippen LogP contribution in [0.2, 0.25) is 0 Å². The van der Waals surface area contributed by atoms with E-state index in [2.05, 4.69) is 5.32 Å². The average molecular weight is 249 g/mol. The van der Waals surface area contributed by atoms with Gasteiger partial charge in [0, 0.05) is 6.08 Å². The molecule has 4 heteroatoms. The lowest BCUT2D eigenvalue weighted by molar-refractivity contribution is -0.118. The van der Waals surface area contributed by atoms with Crippen molar-refractivity contribution in [3.05, 3.63) is 35.9 Å². The van der Waals surface area contributed by atoms with E-state index in [4.69, 9.17) is 9.84 Å². The molecule has 1 rings (SSSR count). The highest BCUT2D eigenvalue weighted by Gasteiger charge is 2.17. The molecule has 0 fully saturated rings. The Balaban J connectivity index is 2.60. The van der Waals surface area contributed by atoms with Gasteiger partial charge in [0.05, 0.1) is 19.3 Å². The van der Waals surface area contributed by atoms with Crippen LogP contribution >= 0.6 is 0 Å². The Hall–Kier alpha value is -1.81. The minimum Gasteiger partial charge on any atom is -0.497 e. The minimum atomic E-state index is -0.610. The maximum Gasteiger partial charge on any atom is 0.244 e. The number of ether oxygens (including phenoxy) is 1. The van der Waals surface area contributed by atoms with Crippen molar-refractivity contribution >= 4 is 12.0 Å². The van der Waals surface area contributed by atoms with Crippen molar-refractivity contribution in [2.24, 2.45) is 0 Å². The molecule has 4 nitrogen and oxygen atoms in total. The zero-order chi connectivity index (χ0) is 13.6. The fourth-order valence-electron chi connectivity index (χ4n) is 1.30. The summed E-state index contributed by atoms with van der Waals surface area (Å²) in [4.78, 5) is 11.6. The Morgan fingerprint density at radius 1 is 1.39 bits per heavy atom. The molecule has 0 saturated carbocycles. The molecule has 0 radical (unpaired) electrons. The zero-order valence-electron chi connectivity index (χ0n) is 10.9. The van der Waals surface area contributed by atoms with E-state index in [9.17, 15) is 4.79 Å². The Morgan fingerprint density at radius 3 is 2.50 bits per heavy atom. The standard InChI is InChI=1S/C14H19NO3/c1-14(2,10-16)15-13(17)9-6-11-4-7-12(18-3)8-5-11/h4-9,16H,10H2,1-3H3,(H,15,17). The molecule has 0 aliphatic rings. The summed E-state index contributed by atoms with van der Waals surface area (Å²) in [5, 5.41) is 11.7. The largest absolute Gasteiger partial charge is 0.497 e. The molecule has 0 atom stereocenters. The molecule has 1 amide bonds. The number of aliphatic hydroxyl groups is 1. The second kappa shape index (κ2) is 6.21. The summed E-state index contributed by atoms with van der Waals surface area (Å²) in [7, 11) is 1.61.